The van der Waals surface area contributed by atoms with Crippen molar-refractivity contribution >= 4 is 5.91 Å². The molecule has 0 bridgehead atoms. The van der Waals surface area contributed by atoms with Crippen LogP contribution in [0.2, 0.25) is 0 Å². The van der Waals surface area contributed by atoms with Gasteiger partial charge in [0.15, 0.2) is 11.6 Å². The summed E-state index contributed by atoms with van der Waals surface area (Å²) in [7, 11) is 0. The van der Waals surface area contributed by atoms with Crippen LogP contribution in [-0.4, -0.2) is 66.2 Å². The summed E-state index contributed by atoms with van der Waals surface area (Å²) in [5, 5.41) is 11.0. The Balaban J connectivity index is 1.18. The molecule has 2 aromatic carbocycles. The first-order valence-corrected chi connectivity index (χ1v) is 14.8. The van der Waals surface area contributed by atoms with E-state index >= 15 is 0 Å². The van der Waals surface area contributed by atoms with Crippen LogP contribution < -0.4 is 0 Å². The van der Waals surface area contributed by atoms with Crippen molar-refractivity contribution in [2.45, 2.75) is 74.9 Å². The predicted octanol–water partition coefficient (Wildman–Crippen LogP) is 4.94. The average Bonchev–Trinajstić information content (AvgIpc) is 3.24. The lowest BCUT2D eigenvalue weighted by Gasteiger charge is -2.46. The summed E-state index contributed by atoms with van der Waals surface area (Å²) in [4.78, 5) is 17.8. The molecule has 1 amide bonds. The Labute approximate surface area is 230 Å². The van der Waals surface area contributed by atoms with Gasteiger partial charge in [-0.2, -0.15) is 0 Å². The fourth-order valence-corrected chi connectivity index (χ4v) is 7.71. The standard InChI is InChI=1S/C32H40F2N2O3/c33-27-11-10-25(21-28(27)34)32(22-36(18-19-39-32)30(38)23-6-2-1-3-7-23)14-17-35-15-12-31(13-16-35)26-9-5-4-8-24(26)20-29(31)37/h4-5,8-11,21,23,29,37H,1-3,6-7,12-20,22H2/t29?,32-/m0/s1. The van der Waals surface area contributed by atoms with E-state index in [1.54, 1.807) is 6.07 Å². The molecule has 6 rings (SSSR count). The molecule has 0 aromatic heterocycles. The lowest BCUT2D eigenvalue weighted by Crippen LogP contribution is -2.55. The summed E-state index contributed by atoms with van der Waals surface area (Å²) in [5.74, 6) is -1.53. The first-order valence-electron chi connectivity index (χ1n) is 14.8. The normalized spacial score (nSPS) is 27.6. The van der Waals surface area contributed by atoms with Crippen LogP contribution >= 0.6 is 0 Å². The monoisotopic (exact) mass is 538 g/mol. The highest BCUT2D eigenvalue weighted by Gasteiger charge is 2.48. The number of hydrogen-bond acceptors (Lipinski definition) is 4. The second kappa shape index (κ2) is 10.9. The molecule has 1 unspecified atom stereocenters. The maximum Gasteiger partial charge on any atom is 0.225 e. The molecule has 1 N–H and O–H groups in total. The largest absolute Gasteiger partial charge is 0.392 e. The zero-order valence-corrected chi connectivity index (χ0v) is 22.7. The van der Waals surface area contributed by atoms with Gasteiger partial charge >= 0.3 is 0 Å². The minimum Gasteiger partial charge on any atom is -0.392 e. The highest BCUT2D eigenvalue weighted by molar-refractivity contribution is 5.79. The summed E-state index contributed by atoms with van der Waals surface area (Å²) in [6, 6.07) is 12.5. The fraction of sp³-hybridized carbons (Fsp3) is 0.594. The molecule has 2 heterocycles. The van der Waals surface area contributed by atoms with Crippen molar-refractivity contribution in [3.63, 3.8) is 0 Å². The molecule has 2 aliphatic heterocycles. The molecular weight excluding hydrogens is 498 g/mol. The molecular formula is C32H40F2N2O3. The van der Waals surface area contributed by atoms with Crippen LogP contribution in [0.3, 0.4) is 0 Å². The van der Waals surface area contributed by atoms with E-state index in [0.29, 0.717) is 38.1 Å². The number of hydrogen-bond donors (Lipinski definition) is 1. The number of amides is 1. The Morgan fingerprint density at radius 3 is 2.54 bits per heavy atom. The van der Waals surface area contributed by atoms with Crippen molar-refractivity contribution in [3.8, 4) is 0 Å². The number of nitrogens with zero attached hydrogens (tertiary/aromatic N) is 2. The maximum absolute atomic E-state index is 14.4. The number of ether oxygens (including phenoxy) is 1. The minimum absolute atomic E-state index is 0.0542. The van der Waals surface area contributed by atoms with Crippen LogP contribution in [0.1, 0.15) is 68.1 Å². The number of benzene rings is 2. The lowest BCUT2D eigenvalue weighted by atomic mass is 9.72. The molecule has 7 heteroatoms. The maximum atomic E-state index is 14.4. The molecule has 1 saturated carbocycles. The van der Waals surface area contributed by atoms with Gasteiger partial charge in [0.1, 0.15) is 5.60 Å². The number of carbonyl (C=O) groups is 1. The second-order valence-corrected chi connectivity index (χ2v) is 12.2. The quantitative estimate of drug-likeness (QED) is 0.586. The highest BCUT2D eigenvalue weighted by Crippen LogP contribution is 2.46. The van der Waals surface area contributed by atoms with Crippen LogP contribution in [0, 0.1) is 17.6 Å². The zero-order chi connectivity index (χ0) is 27.0. The van der Waals surface area contributed by atoms with Crippen molar-refractivity contribution in [1.82, 2.24) is 9.80 Å². The molecule has 2 atom stereocenters. The van der Waals surface area contributed by atoms with Gasteiger partial charge in [0.25, 0.3) is 0 Å². The van der Waals surface area contributed by atoms with Crippen LogP contribution in [0.15, 0.2) is 42.5 Å². The number of halogens is 2. The molecule has 0 radical (unpaired) electrons. The number of aliphatic hydroxyl groups excluding tert-OH is 1. The summed E-state index contributed by atoms with van der Waals surface area (Å²) < 4.78 is 34.7. The number of morpholine rings is 1. The highest BCUT2D eigenvalue weighted by atomic mass is 19.2. The van der Waals surface area contributed by atoms with Crippen molar-refractivity contribution in [1.29, 1.82) is 0 Å². The van der Waals surface area contributed by atoms with E-state index in [1.165, 1.54) is 29.7 Å². The van der Waals surface area contributed by atoms with Crippen molar-refractivity contribution < 1.29 is 23.4 Å². The fourth-order valence-electron chi connectivity index (χ4n) is 7.71. The molecule has 5 nitrogen and oxygen atoms in total. The van der Waals surface area contributed by atoms with Crippen molar-refractivity contribution in [3.05, 3.63) is 70.8 Å². The van der Waals surface area contributed by atoms with Gasteiger partial charge in [-0.1, -0.05) is 49.6 Å². The van der Waals surface area contributed by atoms with Gasteiger partial charge in [0.2, 0.25) is 5.91 Å². The van der Waals surface area contributed by atoms with Gasteiger partial charge in [-0.15, -0.1) is 0 Å². The summed E-state index contributed by atoms with van der Waals surface area (Å²) in [6.45, 7) is 3.69. The Kier molecular flexibility index (Phi) is 7.51. The molecule has 2 aliphatic carbocycles. The zero-order valence-electron chi connectivity index (χ0n) is 22.7. The van der Waals surface area contributed by atoms with E-state index in [4.69, 9.17) is 4.74 Å². The van der Waals surface area contributed by atoms with Crippen LogP contribution in [-0.2, 0) is 27.0 Å². The Hall–Kier alpha value is -2.35. The Morgan fingerprint density at radius 1 is 1.00 bits per heavy atom. The number of fused-ring (bicyclic) bond motifs is 2. The van der Waals surface area contributed by atoms with E-state index in [-0.39, 0.29) is 23.3 Å². The summed E-state index contributed by atoms with van der Waals surface area (Å²) >= 11 is 0. The number of rotatable bonds is 5. The van der Waals surface area contributed by atoms with Gasteiger partial charge in [0, 0.05) is 24.4 Å². The van der Waals surface area contributed by atoms with E-state index in [1.807, 2.05) is 11.0 Å². The summed E-state index contributed by atoms with van der Waals surface area (Å²) in [6.07, 6.45) is 7.94. The third-order valence-corrected chi connectivity index (χ3v) is 10.1. The molecule has 1 spiro atoms. The molecule has 2 aromatic rings. The molecule has 4 aliphatic rings. The molecule has 2 saturated heterocycles. The second-order valence-electron chi connectivity index (χ2n) is 12.2. The van der Waals surface area contributed by atoms with E-state index in [9.17, 15) is 18.7 Å². The van der Waals surface area contributed by atoms with E-state index in [2.05, 4.69) is 23.1 Å². The third kappa shape index (κ3) is 5.02. The van der Waals surface area contributed by atoms with Crippen LogP contribution in [0.5, 0.6) is 0 Å². The van der Waals surface area contributed by atoms with E-state index in [0.717, 1.165) is 58.2 Å². The summed E-state index contributed by atoms with van der Waals surface area (Å²) in [5.41, 5.74) is 2.08. The smallest absolute Gasteiger partial charge is 0.225 e. The number of likely N-dealkylation sites (tertiary alicyclic amines) is 1. The van der Waals surface area contributed by atoms with Gasteiger partial charge < -0.3 is 19.6 Å². The third-order valence-electron chi connectivity index (χ3n) is 10.1. The van der Waals surface area contributed by atoms with Gasteiger partial charge in [-0.3, -0.25) is 4.79 Å². The molecule has 210 valence electrons. The van der Waals surface area contributed by atoms with Crippen LogP contribution in [0.25, 0.3) is 0 Å². The predicted molar refractivity (Wildman–Crippen MR) is 145 cm³/mol. The van der Waals surface area contributed by atoms with Crippen LogP contribution in [0.4, 0.5) is 8.78 Å². The van der Waals surface area contributed by atoms with Crippen molar-refractivity contribution in [2.24, 2.45) is 5.92 Å². The Bertz CT molecular complexity index is 1190. The van der Waals surface area contributed by atoms with E-state index < -0.39 is 17.2 Å². The lowest BCUT2D eigenvalue weighted by molar-refractivity contribution is -0.159. The topological polar surface area (TPSA) is 53.0 Å². The Morgan fingerprint density at radius 2 is 1.77 bits per heavy atom. The first-order chi connectivity index (χ1) is 18.9. The molecule has 3 fully saturated rings. The number of piperidine rings is 1. The van der Waals surface area contributed by atoms with Gasteiger partial charge in [-0.05, 0) is 80.4 Å². The molecule has 39 heavy (non-hydrogen) atoms. The van der Waals surface area contributed by atoms with Gasteiger partial charge in [0.05, 0.1) is 19.3 Å². The van der Waals surface area contributed by atoms with Crippen molar-refractivity contribution in [2.75, 3.05) is 39.3 Å². The minimum atomic E-state index is -0.889. The van der Waals surface area contributed by atoms with Gasteiger partial charge in [-0.25, -0.2) is 8.78 Å². The first kappa shape index (κ1) is 26.9. The number of carbonyl (C=O) groups excluding carboxylic acids is 1. The average molecular weight is 539 g/mol. The number of aliphatic hydroxyl groups is 1. The SMILES string of the molecule is O=C(C1CCCCC1)N1CCO[C@](CCN2CCC3(CC2)c2ccccc2CC3O)(c2ccc(F)c(F)c2)C1.